The first kappa shape index (κ1) is 15.1. The van der Waals surface area contributed by atoms with Crippen molar-refractivity contribution in [2.45, 2.75) is 38.2 Å². The highest BCUT2D eigenvalue weighted by atomic mass is 32.1. The van der Waals surface area contributed by atoms with Gasteiger partial charge in [-0.1, -0.05) is 12.1 Å². The molecule has 22 heavy (non-hydrogen) atoms. The first-order valence-electron chi connectivity index (χ1n) is 7.34. The van der Waals surface area contributed by atoms with Gasteiger partial charge in [-0.3, -0.25) is 4.79 Å². The molecule has 2 N–H and O–H groups in total. The molecule has 0 fully saturated rings. The fourth-order valence-corrected chi connectivity index (χ4v) is 3.65. The summed E-state index contributed by atoms with van der Waals surface area (Å²) in [6.07, 6.45) is 3.16. The summed E-state index contributed by atoms with van der Waals surface area (Å²) in [6.45, 7) is 0. The summed E-state index contributed by atoms with van der Waals surface area (Å²) in [5.41, 5.74) is 1.48. The van der Waals surface area contributed by atoms with Crippen LogP contribution in [0.2, 0.25) is 0 Å². The molecule has 0 spiro atoms. The second-order valence-electron chi connectivity index (χ2n) is 5.42. The number of fused-ring (bicyclic) bond motifs is 1. The molecule has 0 saturated heterocycles. The van der Waals surface area contributed by atoms with Crippen molar-refractivity contribution >= 4 is 22.4 Å². The van der Waals surface area contributed by atoms with Gasteiger partial charge in [0.1, 0.15) is 5.82 Å². The monoisotopic (exact) mass is 320 g/mol. The minimum atomic E-state index is -1.02. The van der Waals surface area contributed by atoms with Crippen LogP contribution in [0.1, 0.15) is 41.5 Å². The summed E-state index contributed by atoms with van der Waals surface area (Å²) < 4.78 is 13.1. The second kappa shape index (κ2) is 6.54. The molecule has 6 heteroatoms. The number of hydrogen-bond acceptors (Lipinski definition) is 4. The summed E-state index contributed by atoms with van der Waals surface area (Å²) in [4.78, 5) is 17.7. The number of aliphatic hydroxyl groups excluding tert-OH is 1. The molecular weight excluding hydrogens is 303 g/mol. The molecule has 3 rings (SSSR count). The Morgan fingerprint density at radius 2 is 2.23 bits per heavy atom. The van der Waals surface area contributed by atoms with Crippen molar-refractivity contribution in [3.05, 3.63) is 46.2 Å². The third kappa shape index (κ3) is 3.51. The number of aliphatic hydroxyl groups is 1. The van der Waals surface area contributed by atoms with E-state index in [-0.39, 0.29) is 12.3 Å². The van der Waals surface area contributed by atoms with Crippen LogP contribution in [0.4, 0.5) is 9.52 Å². The summed E-state index contributed by atoms with van der Waals surface area (Å²) in [7, 11) is 0. The number of aromatic nitrogens is 1. The Hall–Kier alpha value is -1.79. The van der Waals surface area contributed by atoms with E-state index in [1.54, 1.807) is 6.07 Å². The highest BCUT2D eigenvalue weighted by molar-refractivity contribution is 7.15. The molecule has 1 aliphatic rings. The molecule has 2 aromatic rings. The molecule has 0 bridgehead atoms. The Morgan fingerprint density at radius 1 is 1.41 bits per heavy atom. The van der Waals surface area contributed by atoms with Gasteiger partial charge in [0.05, 0.1) is 18.2 Å². The SMILES string of the molecule is O=C(CC(O)c1cccc(F)c1)Nc1nc2c(s1)CCCC2. The minimum Gasteiger partial charge on any atom is -0.388 e. The third-order valence-electron chi connectivity index (χ3n) is 3.70. The van der Waals surface area contributed by atoms with E-state index >= 15 is 0 Å². The Bertz CT molecular complexity index is 663. The van der Waals surface area contributed by atoms with E-state index in [0.29, 0.717) is 10.7 Å². The van der Waals surface area contributed by atoms with Crippen molar-refractivity contribution in [1.82, 2.24) is 4.98 Å². The van der Waals surface area contributed by atoms with Crippen LogP contribution in [0, 0.1) is 5.82 Å². The lowest BCUT2D eigenvalue weighted by atomic mass is 10.0. The lowest BCUT2D eigenvalue weighted by Crippen LogP contribution is -2.15. The summed E-state index contributed by atoms with van der Waals surface area (Å²) in [5, 5.41) is 13.3. The lowest BCUT2D eigenvalue weighted by Gasteiger charge is -2.10. The zero-order valence-electron chi connectivity index (χ0n) is 12.0. The number of amides is 1. The number of hydrogen-bond donors (Lipinski definition) is 2. The van der Waals surface area contributed by atoms with Gasteiger partial charge in [-0.25, -0.2) is 9.37 Å². The number of nitrogens with one attached hydrogen (secondary N) is 1. The standard InChI is InChI=1S/C16H17FN2O2S/c17-11-5-3-4-10(8-11)13(20)9-15(21)19-16-18-12-6-1-2-7-14(12)22-16/h3-5,8,13,20H,1-2,6-7,9H2,(H,18,19,21). The largest absolute Gasteiger partial charge is 0.388 e. The van der Waals surface area contributed by atoms with E-state index in [4.69, 9.17) is 0 Å². The predicted molar refractivity (Wildman–Crippen MR) is 83.4 cm³/mol. The molecular formula is C16H17FN2O2S. The molecule has 1 aliphatic carbocycles. The van der Waals surface area contributed by atoms with Crippen LogP contribution in [0.3, 0.4) is 0 Å². The van der Waals surface area contributed by atoms with Crippen LogP contribution in [0.25, 0.3) is 0 Å². The zero-order valence-corrected chi connectivity index (χ0v) is 12.8. The zero-order chi connectivity index (χ0) is 15.5. The average molecular weight is 320 g/mol. The maximum Gasteiger partial charge on any atom is 0.229 e. The molecule has 1 aromatic heterocycles. The molecule has 116 valence electrons. The van der Waals surface area contributed by atoms with Gasteiger partial charge >= 0.3 is 0 Å². The van der Waals surface area contributed by atoms with Crippen LogP contribution in [-0.2, 0) is 17.6 Å². The van der Waals surface area contributed by atoms with E-state index in [0.717, 1.165) is 25.0 Å². The van der Waals surface area contributed by atoms with Gasteiger partial charge in [-0.2, -0.15) is 0 Å². The lowest BCUT2D eigenvalue weighted by molar-refractivity contribution is -0.118. The first-order valence-corrected chi connectivity index (χ1v) is 8.15. The van der Waals surface area contributed by atoms with Crippen LogP contribution >= 0.6 is 11.3 Å². The molecule has 1 heterocycles. The van der Waals surface area contributed by atoms with Gasteiger partial charge in [0.2, 0.25) is 5.91 Å². The van der Waals surface area contributed by atoms with E-state index in [9.17, 15) is 14.3 Å². The van der Waals surface area contributed by atoms with Crippen molar-refractivity contribution in [1.29, 1.82) is 0 Å². The van der Waals surface area contributed by atoms with Crippen molar-refractivity contribution < 1.29 is 14.3 Å². The highest BCUT2D eigenvalue weighted by Crippen LogP contribution is 2.30. The van der Waals surface area contributed by atoms with Crippen LogP contribution in [0.15, 0.2) is 24.3 Å². The average Bonchev–Trinajstić information content (AvgIpc) is 2.89. The van der Waals surface area contributed by atoms with Gasteiger partial charge in [-0.05, 0) is 43.4 Å². The van der Waals surface area contributed by atoms with Gasteiger partial charge in [0.25, 0.3) is 0 Å². The quantitative estimate of drug-likeness (QED) is 0.909. The van der Waals surface area contributed by atoms with Crippen molar-refractivity contribution in [2.24, 2.45) is 0 Å². The summed E-state index contributed by atoms with van der Waals surface area (Å²) in [5.74, 6) is -0.743. The first-order chi connectivity index (χ1) is 10.6. The van der Waals surface area contributed by atoms with Crippen LogP contribution in [-0.4, -0.2) is 16.0 Å². The minimum absolute atomic E-state index is 0.117. The Balaban J connectivity index is 1.61. The molecule has 1 aromatic carbocycles. The maximum atomic E-state index is 13.1. The number of anilines is 1. The molecule has 1 atom stereocenters. The molecule has 0 saturated carbocycles. The number of carbonyl (C=O) groups excluding carboxylic acids is 1. The fraction of sp³-hybridized carbons (Fsp3) is 0.375. The van der Waals surface area contributed by atoms with Crippen molar-refractivity contribution in [2.75, 3.05) is 5.32 Å². The van der Waals surface area contributed by atoms with Crippen molar-refractivity contribution in [3.63, 3.8) is 0 Å². The number of rotatable bonds is 4. The van der Waals surface area contributed by atoms with Gasteiger partial charge in [0.15, 0.2) is 5.13 Å². The molecule has 0 aliphatic heterocycles. The van der Waals surface area contributed by atoms with Gasteiger partial charge < -0.3 is 10.4 Å². The predicted octanol–water partition coefficient (Wildman–Crippen LogP) is 3.22. The van der Waals surface area contributed by atoms with Crippen LogP contribution < -0.4 is 5.32 Å². The number of benzene rings is 1. The fourth-order valence-electron chi connectivity index (χ4n) is 2.58. The smallest absolute Gasteiger partial charge is 0.229 e. The summed E-state index contributed by atoms with van der Waals surface area (Å²) >= 11 is 1.50. The second-order valence-corrected chi connectivity index (χ2v) is 6.50. The normalized spacial score (nSPS) is 15.2. The number of carbonyl (C=O) groups is 1. The molecule has 1 unspecified atom stereocenters. The van der Waals surface area contributed by atoms with E-state index in [2.05, 4.69) is 10.3 Å². The number of aryl methyl sites for hydroxylation is 2. The third-order valence-corrected chi connectivity index (χ3v) is 4.78. The van der Waals surface area contributed by atoms with Gasteiger partial charge in [-0.15, -0.1) is 11.3 Å². The van der Waals surface area contributed by atoms with E-state index in [1.807, 2.05) is 0 Å². The van der Waals surface area contributed by atoms with Crippen molar-refractivity contribution in [3.8, 4) is 0 Å². The van der Waals surface area contributed by atoms with E-state index in [1.165, 1.54) is 40.8 Å². The molecule has 0 radical (unpaired) electrons. The topological polar surface area (TPSA) is 62.2 Å². The molecule has 1 amide bonds. The highest BCUT2D eigenvalue weighted by Gasteiger charge is 2.18. The molecule has 4 nitrogen and oxygen atoms in total. The number of nitrogens with zero attached hydrogens (tertiary/aromatic N) is 1. The Kier molecular flexibility index (Phi) is 4.49. The number of halogens is 1. The van der Waals surface area contributed by atoms with Gasteiger partial charge in [0, 0.05) is 4.88 Å². The Labute approximate surface area is 132 Å². The summed E-state index contributed by atoms with van der Waals surface area (Å²) in [6, 6.07) is 5.65. The number of thiazole rings is 1. The van der Waals surface area contributed by atoms with E-state index < -0.39 is 11.9 Å². The Morgan fingerprint density at radius 3 is 3.00 bits per heavy atom. The van der Waals surface area contributed by atoms with Crippen LogP contribution in [0.5, 0.6) is 0 Å². The maximum absolute atomic E-state index is 13.1.